The van der Waals surface area contributed by atoms with Crippen molar-refractivity contribution in [2.45, 2.75) is 35.1 Å². The summed E-state index contributed by atoms with van der Waals surface area (Å²) in [5.74, 6) is -6.61. The van der Waals surface area contributed by atoms with Gasteiger partial charge in [0.1, 0.15) is 23.9 Å². The van der Waals surface area contributed by atoms with E-state index < -0.39 is 57.0 Å². The number of rotatable bonds is 6. The zero-order valence-corrected chi connectivity index (χ0v) is 30.3. The number of nitrogens with zero attached hydrogens (tertiary/aromatic N) is 2. The van der Waals surface area contributed by atoms with Crippen LogP contribution >= 0.6 is 45.8 Å². The minimum atomic E-state index is -2.18. The van der Waals surface area contributed by atoms with E-state index in [1.807, 2.05) is 30.3 Å². The molecule has 51 heavy (non-hydrogen) atoms. The van der Waals surface area contributed by atoms with Gasteiger partial charge >= 0.3 is 0 Å². The fraction of sp³-hybridized carbons (Fsp3) is 0.231. The van der Waals surface area contributed by atoms with E-state index in [1.165, 1.54) is 23.1 Å². The summed E-state index contributed by atoms with van der Waals surface area (Å²) in [5, 5.41) is 11.6. The lowest BCUT2D eigenvalue weighted by molar-refractivity contribution is -0.125. The normalized spacial score (nSPS) is 28.4. The Kier molecular flexibility index (Phi) is 8.27. The van der Waals surface area contributed by atoms with Gasteiger partial charge in [0.25, 0.3) is 11.8 Å². The van der Waals surface area contributed by atoms with Gasteiger partial charge in [-0.15, -0.1) is 23.2 Å². The summed E-state index contributed by atoms with van der Waals surface area (Å²) in [6.45, 7) is 0.233. The van der Waals surface area contributed by atoms with Gasteiger partial charge in [-0.2, -0.15) is 0 Å². The first-order valence-corrected chi connectivity index (χ1v) is 18.1. The molecule has 2 heterocycles. The Balaban J connectivity index is 1.24. The molecule has 2 aliphatic carbocycles. The van der Waals surface area contributed by atoms with Crippen LogP contribution in [0.1, 0.15) is 29.9 Å². The average molecular weight is 837 g/mol. The molecule has 3 fully saturated rings. The van der Waals surface area contributed by atoms with E-state index in [1.54, 1.807) is 42.5 Å². The minimum Gasteiger partial charge on any atom is -0.508 e. The molecule has 8 rings (SSSR count). The van der Waals surface area contributed by atoms with E-state index in [2.05, 4.69) is 22.6 Å². The third-order valence-electron chi connectivity index (χ3n) is 10.5. The van der Waals surface area contributed by atoms with E-state index in [0.717, 1.165) is 26.2 Å². The van der Waals surface area contributed by atoms with Crippen LogP contribution in [0.15, 0.2) is 109 Å². The Labute approximate surface area is 315 Å². The monoisotopic (exact) mass is 836 g/mol. The van der Waals surface area contributed by atoms with Crippen LogP contribution < -0.4 is 14.5 Å². The number of allylic oxidation sites excluding steroid dienone is 2. The van der Waals surface area contributed by atoms with Crippen LogP contribution in [-0.4, -0.2) is 38.5 Å². The van der Waals surface area contributed by atoms with Crippen LogP contribution in [0.3, 0.4) is 0 Å². The number of phenols is 1. The molecule has 6 atom stereocenters. The predicted octanol–water partition coefficient (Wildman–Crippen LogP) is 7.48. The van der Waals surface area contributed by atoms with E-state index in [0.29, 0.717) is 17.0 Å². The number of halogens is 4. The quantitative estimate of drug-likeness (QED) is 0.0936. The molecular weight excluding hydrogens is 809 g/mol. The molecule has 4 amide bonds. The lowest BCUT2D eigenvalue weighted by Gasteiger charge is -2.50. The second-order valence-electron chi connectivity index (χ2n) is 13.2. The predicted molar refractivity (Wildman–Crippen MR) is 197 cm³/mol. The fourth-order valence-corrected chi connectivity index (χ4v) is 9.47. The molecule has 1 N–H and O–H groups in total. The van der Waals surface area contributed by atoms with Gasteiger partial charge in [-0.05, 0) is 102 Å². The van der Waals surface area contributed by atoms with Crippen molar-refractivity contribution in [2.75, 3.05) is 9.80 Å². The number of alkyl halides is 2. The number of carbonyl (C=O) groups is 4. The molecule has 4 aromatic rings. The standard InChI is InChI=1S/C39H28Cl2FIN2O6/c40-38-19-30-27(16-17-29-32(30)35(48)44(34(29)47)24-12-8-23(43)9-13-24)33(28-15-14-26(18-31(28)46)51-20-21-4-2-1-3-5-21)39(38,41)37(50)45(36(38)49)25-10-6-22(42)7-11-25/h1-16,18,29-30,32-33,46H,17,19-20H2/t29-,30+,32-,33+,38+,39-/m0/s1. The Morgan fingerprint density at radius 1 is 0.824 bits per heavy atom. The summed E-state index contributed by atoms with van der Waals surface area (Å²) in [6, 6.07) is 25.9. The molecule has 2 saturated heterocycles. The summed E-state index contributed by atoms with van der Waals surface area (Å²) in [6.07, 6.45) is 1.74. The highest BCUT2D eigenvalue weighted by atomic mass is 127. The number of benzene rings is 4. The molecule has 4 aromatic carbocycles. The molecule has 0 radical (unpaired) electrons. The molecule has 0 aromatic heterocycles. The van der Waals surface area contributed by atoms with Crippen molar-refractivity contribution < 1.29 is 33.4 Å². The zero-order chi connectivity index (χ0) is 35.8. The number of hydrogen-bond acceptors (Lipinski definition) is 6. The number of phenolic OH excluding ortho intramolecular Hbond substituents is 1. The van der Waals surface area contributed by atoms with Crippen LogP contribution in [0.4, 0.5) is 15.8 Å². The Bertz CT molecular complexity index is 2150. The summed E-state index contributed by atoms with van der Waals surface area (Å²) in [4.78, 5) is 55.0. The lowest BCUT2D eigenvalue weighted by Crippen LogP contribution is -2.60. The van der Waals surface area contributed by atoms with Crippen molar-refractivity contribution in [3.05, 3.63) is 129 Å². The molecule has 8 nitrogen and oxygen atoms in total. The molecule has 12 heteroatoms. The Morgan fingerprint density at radius 3 is 2.18 bits per heavy atom. The second kappa shape index (κ2) is 12.5. The van der Waals surface area contributed by atoms with Crippen molar-refractivity contribution in [3.8, 4) is 11.5 Å². The lowest BCUT2D eigenvalue weighted by atomic mass is 9.56. The summed E-state index contributed by atoms with van der Waals surface area (Å²) in [5.41, 5.74) is 2.14. The Morgan fingerprint density at radius 2 is 1.49 bits per heavy atom. The van der Waals surface area contributed by atoms with Gasteiger partial charge in [-0.25, -0.2) is 9.29 Å². The van der Waals surface area contributed by atoms with Crippen molar-refractivity contribution >= 4 is 80.8 Å². The van der Waals surface area contributed by atoms with E-state index in [-0.39, 0.29) is 42.4 Å². The van der Waals surface area contributed by atoms with E-state index in [9.17, 15) is 28.7 Å². The van der Waals surface area contributed by atoms with Gasteiger partial charge in [0.2, 0.25) is 11.8 Å². The molecule has 0 bridgehead atoms. The largest absolute Gasteiger partial charge is 0.508 e. The molecule has 0 spiro atoms. The molecule has 0 unspecified atom stereocenters. The van der Waals surface area contributed by atoms with Gasteiger partial charge < -0.3 is 9.84 Å². The van der Waals surface area contributed by atoms with Crippen molar-refractivity contribution in [2.24, 2.45) is 17.8 Å². The number of aromatic hydroxyl groups is 1. The van der Waals surface area contributed by atoms with Gasteiger partial charge in [-0.1, -0.05) is 48.0 Å². The topological polar surface area (TPSA) is 104 Å². The Hall–Kier alpha value is -4.26. The maximum Gasteiger partial charge on any atom is 0.258 e. The number of hydrogen-bond donors (Lipinski definition) is 1. The number of amides is 4. The fourth-order valence-electron chi connectivity index (χ4n) is 8.19. The van der Waals surface area contributed by atoms with E-state index >= 15 is 0 Å². The van der Waals surface area contributed by atoms with Crippen molar-refractivity contribution in [3.63, 3.8) is 0 Å². The van der Waals surface area contributed by atoms with Gasteiger partial charge in [-0.3, -0.25) is 24.1 Å². The van der Waals surface area contributed by atoms with E-state index in [4.69, 9.17) is 27.9 Å². The van der Waals surface area contributed by atoms with Crippen LogP contribution in [-0.2, 0) is 25.8 Å². The van der Waals surface area contributed by atoms with Gasteiger partial charge in [0.15, 0.2) is 9.75 Å². The van der Waals surface area contributed by atoms with Crippen molar-refractivity contribution in [1.29, 1.82) is 0 Å². The highest BCUT2D eigenvalue weighted by Gasteiger charge is 2.77. The van der Waals surface area contributed by atoms with Crippen LogP contribution in [0, 0.1) is 27.1 Å². The highest BCUT2D eigenvalue weighted by molar-refractivity contribution is 14.1. The molecule has 4 aliphatic rings. The molecule has 1 saturated carbocycles. The third kappa shape index (κ3) is 5.12. The smallest absolute Gasteiger partial charge is 0.258 e. The number of carbonyl (C=O) groups excluding carboxylic acids is 4. The SMILES string of the molecule is O=C1[C@H]2[C@H](CC=C3[C@H]2C[C@@]2(Cl)C(=O)N(c4ccc(F)cc4)C(=O)[C@@]2(Cl)[C@H]3c2ccc(OCc3ccccc3)cc2O)C(=O)N1c1ccc(I)cc1. The number of fused-ring (bicyclic) bond motifs is 4. The molecule has 2 aliphatic heterocycles. The minimum absolute atomic E-state index is 0.0697. The number of imide groups is 2. The maximum atomic E-state index is 14.6. The number of ether oxygens (including phenoxy) is 1. The zero-order valence-electron chi connectivity index (χ0n) is 26.6. The summed E-state index contributed by atoms with van der Waals surface area (Å²) >= 11 is 17.0. The first kappa shape index (κ1) is 33.9. The molecule has 258 valence electrons. The van der Waals surface area contributed by atoms with Crippen LogP contribution in [0.2, 0.25) is 0 Å². The molecular formula is C39H28Cl2FIN2O6. The van der Waals surface area contributed by atoms with Crippen LogP contribution in [0.5, 0.6) is 11.5 Å². The van der Waals surface area contributed by atoms with Gasteiger partial charge in [0, 0.05) is 21.1 Å². The summed E-state index contributed by atoms with van der Waals surface area (Å²) in [7, 11) is 0. The van der Waals surface area contributed by atoms with Crippen LogP contribution in [0.25, 0.3) is 0 Å². The van der Waals surface area contributed by atoms with Gasteiger partial charge in [0.05, 0.1) is 23.2 Å². The first-order valence-electron chi connectivity index (χ1n) is 16.3. The second-order valence-corrected chi connectivity index (χ2v) is 15.7. The van der Waals surface area contributed by atoms with Crippen molar-refractivity contribution in [1.82, 2.24) is 0 Å². The third-order valence-corrected chi connectivity index (χ3v) is 12.7. The highest BCUT2D eigenvalue weighted by Crippen LogP contribution is 2.66. The summed E-state index contributed by atoms with van der Waals surface area (Å²) < 4.78 is 20.8. The first-order chi connectivity index (χ1) is 24.4. The maximum absolute atomic E-state index is 14.6. The average Bonchev–Trinajstić information content (AvgIpc) is 3.46. The number of anilines is 2.